The summed E-state index contributed by atoms with van der Waals surface area (Å²) < 4.78 is 0. The summed E-state index contributed by atoms with van der Waals surface area (Å²) in [5.74, 6) is -0.144. The third-order valence-electron chi connectivity index (χ3n) is 2.08. The minimum atomic E-state index is -0.144. The van der Waals surface area contributed by atoms with Crippen molar-refractivity contribution < 1.29 is 4.79 Å². The maximum Gasteiger partial charge on any atom is 0.233 e. The molecule has 1 amide bonds. The molecule has 0 saturated carbocycles. The molecule has 0 saturated heterocycles. The lowest BCUT2D eigenvalue weighted by atomic mass is 10.1. The average molecular weight is 227 g/mol. The fraction of sp³-hybridized carbons (Fsp3) is 0.364. The molecule has 1 atom stereocenters. The van der Waals surface area contributed by atoms with E-state index in [-0.39, 0.29) is 18.5 Å². The zero-order chi connectivity index (χ0) is 11.3. The van der Waals surface area contributed by atoms with Gasteiger partial charge in [0.25, 0.3) is 0 Å². The first kappa shape index (κ1) is 12.0. The Morgan fingerprint density at radius 3 is 2.80 bits per heavy atom. The average Bonchev–Trinajstić information content (AvgIpc) is 2.21. The van der Waals surface area contributed by atoms with Gasteiger partial charge in [-0.1, -0.05) is 29.8 Å². The van der Waals surface area contributed by atoms with Crippen LogP contribution in [0.25, 0.3) is 0 Å². The molecular weight excluding hydrogens is 212 g/mol. The monoisotopic (exact) mass is 226 g/mol. The molecule has 4 heteroatoms. The fourth-order valence-corrected chi connectivity index (χ4v) is 1.59. The number of rotatable bonds is 4. The molecule has 0 aromatic heterocycles. The van der Waals surface area contributed by atoms with Gasteiger partial charge < -0.3 is 11.1 Å². The second-order valence-corrected chi connectivity index (χ2v) is 3.88. The first-order chi connectivity index (χ1) is 7.13. The summed E-state index contributed by atoms with van der Waals surface area (Å²) in [5.41, 5.74) is 6.24. The Kier molecular flexibility index (Phi) is 4.59. The van der Waals surface area contributed by atoms with E-state index >= 15 is 0 Å². The molecule has 0 aliphatic carbocycles. The van der Waals surface area contributed by atoms with Crippen LogP contribution in [0.3, 0.4) is 0 Å². The largest absolute Gasteiger partial charge is 0.352 e. The van der Waals surface area contributed by atoms with Crippen LogP contribution >= 0.6 is 11.6 Å². The van der Waals surface area contributed by atoms with Gasteiger partial charge in [0.15, 0.2) is 0 Å². The number of carbonyl (C=O) groups excluding carboxylic acids is 1. The van der Waals surface area contributed by atoms with Gasteiger partial charge in [-0.3, -0.25) is 4.79 Å². The van der Waals surface area contributed by atoms with Gasteiger partial charge in [0.1, 0.15) is 0 Å². The minimum Gasteiger partial charge on any atom is -0.352 e. The molecule has 0 aliphatic rings. The van der Waals surface area contributed by atoms with Crippen molar-refractivity contribution in [2.45, 2.75) is 19.4 Å². The van der Waals surface area contributed by atoms with Crippen molar-refractivity contribution in [3.63, 3.8) is 0 Å². The molecule has 0 fully saturated rings. The SMILES string of the molecule is CC(Cc1ccccc1Cl)NC(=O)CN. The number of nitrogens with two attached hydrogens (primary N) is 1. The maximum atomic E-state index is 11.0. The Morgan fingerprint density at radius 1 is 1.53 bits per heavy atom. The van der Waals surface area contributed by atoms with Crippen molar-refractivity contribution in [3.8, 4) is 0 Å². The quantitative estimate of drug-likeness (QED) is 0.814. The van der Waals surface area contributed by atoms with Gasteiger partial charge in [-0.15, -0.1) is 0 Å². The molecular formula is C11H15ClN2O. The van der Waals surface area contributed by atoms with Crippen LogP contribution in [-0.4, -0.2) is 18.5 Å². The van der Waals surface area contributed by atoms with E-state index in [1.165, 1.54) is 0 Å². The van der Waals surface area contributed by atoms with Crippen LogP contribution in [0, 0.1) is 0 Å². The lowest BCUT2D eigenvalue weighted by Gasteiger charge is -2.13. The summed E-state index contributed by atoms with van der Waals surface area (Å²) in [4.78, 5) is 11.0. The second kappa shape index (κ2) is 5.73. The van der Waals surface area contributed by atoms with Crippen LogP contribution < -0.4 is 11.1 Å². The van der Waals surface area contributed by atoms with E-state index in [1.807, 2.05) is 31.2 Å². The smallest absolute Gasteiger partial charge is 0.233 e. The topological polar surface area (TPSA) is 55.1 Å². The zero-order valence-corrected chi connectivity index (χ0v) is 9.42. The number of hydrogen-bond acceptors (Lipinski definition) is 2. The third kappa shape index (κ3) is 3.90. The normalized spacial score (nSPS) is 12.2. The maximum absolute atomic E-state index is 11.0. The number of nitrogens with one attached hydrogen (secondary N) is 1. The molecule has 3 nitrogen and oxygen atoms in total. The third-order valence-corrected chi connectivity index (χ3v) is 2.45. The zero-order valence-electron chi connectivity index (χ0n) is 8.66. The molecule has 1 rings (SSSR count). The predicted molar refractivity (Wildman–Crippen MR) is 61.8 cm³/mol. The Balaban J connectivity index is 2.55. The van der Waals surface area contributed by atoms with Crippen molar-refractivity contribution in [1.29, 1.82) is 0 Å². The van der Waals surface area contributed by atoms with Crippen LogP contribution in [0.1, 0.15) is 12.5 Å². The highest BCUT2D eigenvalue weighted by atomic mass is 35.5. The number of halogens is 1. The van der Waals surface area contributed by atoms with E-state index in [9.17, 15) is 4.79 Å². The van der Waals surface area contributed by atoms with E-state index < -0.39 is 0 Å². The van der Waals surface area contributed by atoms with E-state index in [0.29, 0.717) is 6.42 Å². The number of carbonyl (C=O) groups is 1. The summed E-state index contributed by atoms with van der Waals surface area (Å²) in [6, 6.07) is 7.65. The highest BCUT2D eigenvalue weighted by molar-refractivity contribution is 6.31. The van der Waals surface area contributed by atoms with Gasteiger partial charge in [-0.05, 0) is 25.0 Å². The van der Waals surface area contributed by atoms with Gasteiger partial charge in [-0.2, -0.15) is 0 Å². The van der Waals surface area contributed by atoms with E-state index in [4.69, 9.17) is 17.3 Å². The Labute approximate surface area is 94.6 Å². The lowest BCUT2D eigenvalue weighted by Crippen LogP contribution is -2.38. The highest BCUT2D eigenvalue weighted by Gasteiger charge is 2.08. The molecule has 0 bridgehead atoms. The van der Waals surface area contributed by atoms with E-state index in [0.717, 1.165) is 10.6 Å². The Morgan fingerprint density at radius 2 is 2.20 bits per heavy atom. The molecule has 1 aromatic carbocycles. The number of benzene rings is 1. The molecule has 0 heterocycles. The van der Waals surface area contributed by atoms with Crippen LogP contribution in [0.15, 0.2) is 24.3 Å². The molecule has 3 N–H and O–H groups in total. The molecule has 82 valence electrons. The van der Waals surface area contributed by atoms with Crippen molar-refractivity contribution in [3.05, 3.63) is 34.9 Å². The summed E-state index contributed by atoms with van der Waals surface area (Å²) >= 11 is 6.00. The molecule has 15 heavy (non-hydrogen) atoms. The second-order valence-electron chi connectivity index (χ2n) is 3.47. The van der Waals surface area contributed by atoms with Crippen molar-refractivity contribution in [2.75, 3.05) is 6.54 Å². The number of amides is 1. The molecule has 0 spiro atoms. The number of hydrogen-bond donors (Lipinski definition) is 2. The molecule has 1 aromatic rings. The van der Waals surface area contributed by atoms with Gasteiger partial charge in [0.05, 0.1) is 6.54 Å². The standard InChI is InChI=1S/C11H15ClN2O/c1-8(14-11(15)7-13)6-9-4-2-3-5-10(9)12/h2-5,8H,6-7,13H2,1H3,(H,14,15). The van der Waals surface area contributed by atoms with Crippen molar-refractivity contribution in [1.82, 2.24) is 5.32 Å². The Bertz CT molecular complexity index is 341. The summed E-state index contributed by atoms with van der Waals surface area (Å²) in [6.45, 7) is 1.95. The van der Waals surface area contributed by atoms with Crippen LogP contribution in [0.2, 0.25) is 5.02 Å². The van der Waals surface area contributed by atoms with Crippen LogP contribution in [0.4, 0.5) is 0 Å². The van der Waals surface area contributed by atoms with Crippen molar-refractivity contribution >= 4 is 17.5 Å². The molecule has 0 aliphatic heterocycles. The summed E-state index contributed by atoms with van der Waals surface area (Å²) in [7, 11) is 0. The van der Waals surface area contributed by atoms with E-state index in [1.54, 1.807) is 0 Å². The van der Waals surface area contributed by atoms with Gasteiger partial charge in [0, 0.05) is 11.1 Å². The fourth-order valence-electron chi connectivity index (χ4n) is 1.38. The first-order valence-corrected chi connectivity index (χ1v) is 5.24. The predicted octanol–water partition coefficient (Wildman–Crippen LogP) is 1.35. The minimum absolute atomic E-state index is 0.0207. The van der Waals surface area contributed by atoms with Gasteiger partial charge in [-0.25, -0.2) is 0 Å². The van der Waals surface area contributed by atoms with E-state index in [2.05, 4.69) is 5.32 Å². The van der Waals surface area contributed by atoms with Crippen molar-refractivity contribution in [2.24, 2.45) is 5.73 Å². The van der Waals surface area contributed by atoms with Crippen LogP contribution in [0.5, 0.6) is 0 Å². The lowest BCUT2D eigenvalue weighted by molar-refractivity contribution is -0.120. The first-order valence-electron chi connectivity index (χ1n) is 4.86. The summed E-state index contributed by atoms with van der Waals surface area (Å²) in [6.07, 6.45) is 0.714. The highest BCUT2D eigenvalue weighted by Crippen LogP contribution is 2.16. The molecule has 0 radical (unpaired) electrons. The summed E-state index contributed by atoms with van der Waals surface area (Å²) in [5, 5.41) is 3.51. The van der Waals surface area contributed by atoms with Gasteiger partial charge >= 0.3 is 0 Å². The van der Waals surface area contributed by atoms with Gasteiger partial charge in [0.2, 0.25) is 5.91 Å². The Hall–Kier alpha value is -1.06. The van der Waals surface area contributed by atoms with Crippen LogP contribution in [-0.2, 0) is 11.2 Å². The molecule has 1 unspecified atom stereocenters.